The molecule has 6 nitrogen and oxygen atoms in total. The molecule has 0 saturated heterocycles. The van der Waals surface area contributed by atoms with Gasteiger partial charge < -0.3 is 5.32 Å². The lowest BCUT2D eigenvalue weighted by atomic mass is 10.1. The molecule has 2 aromatic rings. The molecule has 0 fully saturated rings. The van der Waals surface area contributed by atoms with Crippen molar-refractivity contribution in [3.63, 3.8) is 0 Å². The van der Waals surface area contributed by atoms with Gasteiger partial charge in [0.25, 0.3) is 15.9 Å². The first-order valence-corrected chi connectivity index (χ1v) is 11.3. The molecule has 0 spiro atoms. The fraction of sp³-hybridized carbons (Fsp3) is 0.409. The van der Waals surface area contributed by atoms with Crippen molar-refractivity contribution in [2.45, 2.75) is 45.6 Å². The molecule has 0 heterocycles. The maximum atomic E-state index is 12.7. The highest BCUT2D eigenvalue weighted by atomic mass is 32.2. The molecule has 29 heavy (non-hydrogen) atoms. The number of benzene rings is 2. The van der Waals surface area contributed by atoms with Crippen LogP contribution in [-0.4, -0.2) is 44.9 Å². The number of likely N-dealkylation sites (N-methyl/N-ethyl adjacent to an activating group) is 1. The standard InChI is InChI=1S/C22H31N3O3S/c1-6-25(16(2)3)14-13-23-22(26)21-15-20(12-9-18(21)5)29(27,28)24-19-10-7-17(4)8-11-19/h7-12,15-16,24H,6,13-14H2,1-5H3,(H,23,26). The van der Waals surface area contributed by atoms with Gasteiger partial charge in [0.1, 0.15) is 0 Å². The Hall–Kier alpha value is -2.38. The summed E-state index contributed by atoms with van der Waals surface area (Å²) in [5.41, 5.74) is 2.62. The summed E-state index contributed by atoms with van der Waals surface area (Å²) >= 11 is 0. The summed E-state index contributed by atoms with van der Waals surface area (Å²) in [7, 11) is -3.79. The molecule has 0 aliphatic carbocycles. The number of carbonyl (C=O) groups excluding carboxylic acids is 1. The number of aryl methyl sites for hydroxylation is 2. The summed E-state index contributed by atoms with van der Waals surface area (Å²) in [4.78, 5) is 14.9. The largest absolute Gasteiger partial charge is 0.351 e. The summed E-state index contributed by atoms with van der Waals surface area (Å²) in [6.07, 6.45) is 0. The van der Waals surface area contributed by atoms with E-state index in [9.17, 15) is 13.2 Å². The van der Waals surface area contributed by atoms with E-state index < -0.39 is 10.0 Å². The smallest absolute Gasteiger partial charge is 0.261 e. The molecule has 158 valence electrons. The zero-order valence-electron chi connectivity index (χ0n) is 17.8. The van der Waals surface area contributed by atoms with Crippen LogP contribution in [0.1, 0.15) is 42.3 Å². The van der Waals surface area contributed by atoms with E-state index >= 15 is 0 Å². The Kier molecular flexibility index (Phi) is 7.81. The second-order valence-corrected chi connectivity index (χ2v) is 9.11. The molecule has 0 radical (unpaired) electrons. The molecular weight excluding hydrogens is 386 g/mol. The zero-order valence-corrected chi connectivity index (χ0v) is 18.6. The lowest BCUT2D eigenvalue weighted by Crippen LogP contribution is -2.38. The third kappa shape index (κ3) is 6.30. The SMILES string of the molecule is CCN(CCNC(=O)c1cc(S(=O)(=O)Nc2ccc(C)cc2)ccc1C)C(C)C. The number of nitrogens with zero attached hydrogens (tertiary/aromatic N) is 1. The van der Waals surface area contributed by atoms with Crippen molar-refractivity contribution < 1.29 is 13.2 Å². The quantitative estimate of drug-likeness (QED) is 0.654. The molecule has 2 aromatic carbocycles. The van der Waals surface area contributed by atoms with E-state index in [1.807, 2.05) is 19.1 Å². The Morgan fingerprint density at radius 2 is 1.72 bits per heavy atom. The van der Waals surface area contributed by atoms with Crippen molar-refractivity contribution >= 4 is 21.6 Å². The van der Waals surface area contributed by atoms with E-state index in [-0.39, 0.29) is 10.8 Å². The summed E-state index contributed by atoms with van der Waals surface area (Å²) in [6.45, 7) is 12.2. The van der Waals surface area contributed by atoms with Crippen molar-refractivity contribution in [1.29, 1.82) is 0 Å². The van der Waals surface area contributed by atoms with Gasteiger partial charge in [-0.25, -0.2) is 8.42 Å². The molecule has 2 rings (SSSR count). The molecule has 0 bridgehead atoms. The molecule has 0 unspecified atom stereocenters. The molecule has 0 aliphatic rings. The minimum atomic E-state index is -3.79. The van der Waals surface area contributed by atoms with Crippen molar-refractivity contribution in [3.8, 4) is 0 Å². The van der Waals surface area contributed by atoms with Crippen LogP contribution in [-0.2, 0) is 10.0 Å². The number of anilines is 1. The molecular formula is C22H31N3O3S. The van der Waals surface area contributed by atoms with E-state index in [1.165, 1.54) is 12.1 Å². The van der Waals surface area contributed by atoms with Gasteiger partial charge in [-0.2, -0.15) is 0 Å². The van der Waals surface area contributed by atoms with Crippen LogP contribution in [0, 0.1) is 13.8 Å². The molecule has 0 saturated carbocycles. The van der Waals surface area contributed by atoms with Crippen LogP contribution in [0.2, 0.25) is 0 Å². The third-order valence-corrected chi connectivity index (χ3v) is 6.27. The van der Waals surface area contributed by atoms with Crippen LogP contribution in [0.3, 0.4) is 0 Å². The van der Waals surface area contributed by atoms with Crippen molar-refractivity contribution in [3.05, 3.63) is 59.2 Å². The minimum Gasteiger partial charge on any atom is -0.351 e. The van der Waals surface area contributed by atoms with Crippen LogP contribution < -0.4 is 10.0 Å². The monoisotopic (exact) mass is 417 g/mol. The van der Waals surface area contributed by atoms with Gasteiger partial charge in [0.15, 0.2) is 0 Å². The number of hydrogen-bond donors (Lipinski definition) is 2. The number of rotatable bonds is 9. The van der Waals surface area contributed by atoms with Crippen molar-refractivity contribution in [2.75, 3.05) is 24.4 Å². The summed E-state index contributed by atoms with van der Waals surface area (Å²) in [6, 6.07) is 12.1. The van der Waals surface area contributed by atoms with E-state index in [0.29, 0.717) is 23.8 Å². The fourth-order valence-electron chi connectivity index (χ4n) is 3.04. The Bertz CT molecular complexity index is 938. The number of amides is 1. The number of carbonyl (C=O) groups is 1. The normalized spacial score (nSPS) is 11.7. The lowest BCUT2D eigenvalue weighted by molar-refractivity contribution is 0.0945. The van der Waals surface area contributed by atoms with Crippen LogP contribution >= 0.6 is 0 Å². The summed E-state index contributed by atoms with van der Waals surface area (Å²) < 4.78 is 28.0. The zero-order chi connectivity index (χ0) is 21.6. The predicted octanol–water partition coefficient (Wildman–Crippen LogP) is 3.56. The Morgan fingerprint density at radius 3 is 2.31 bits per heavy atom. The number of sulfonamides is 1. The summed E-state index contributed by atoms with van der Waals surface area (Å²) in [5, 5.41) is 2.90. The van der Waals surface area contributed by atoms with Crippen molar-refractivity contribution in [2.24, 2.45) is 0 Å². The van der Waals surface area contributed by atoms with Gasteiger partial charge in [-0.05, 0) is 64.1 Å². The average Bonchev–Trinajstić information content (AvgIpc) is 2.66. The predicted molar refractivity (Wildman–Crippen MR) is 118 cm³/mol. The topological polar surface area (TPSA) is 78.5 Å². The molecule has 0 aromatic heterocycles. The van der Waals surface area contributed by atoms with Crippen LogP contribution in [0.25, 0.3) is 0 Å². The van der Waals surface area contributed by atoms with Crippen LogP contribution in [0.4, 0.5) is 5.69 Å². The minimum absolute atomic E-state index is 0.0613. The Balaban J connectivity index is 2.13. The molecule has 1 amide bonds. The van der Waals surface area contributed by atoms with Crippen LogP contribution in [0.5, 0.6) is 0 Å². The Labute approximate surface area is 174 Å². The first-order chi connectivity index (χ1) is 13.6. The van der Waals surface area contributed by atoms with Crippen molar-refractivity contribution in [1.82, 2.24) is 10.2 Å². The van der Waals surface area contributed by atoms with Crippen LogP contribution in [0.15, 0.2) is 47.4 Å². The number of nitrogens with one attached hydrogen (secondary N) is 2. The van der Waals surface area contributed by atoms with E-state index in [1.54, 1.807) is 25.1 Å². The van der Waals surface area contributed by atoms with Gasteiger partial charge in [0.2, 0.25) is 0 Å². The van der Waals surface area contributed by atoms with Gasteiger partial charge in [-0.15, -0.1) is 0 Å². The first kappa shape index (κ1) is 22.9. The third-order valence-electron chi connectivity index (χ3n) is 4.89. The van der Waals surface area contributed by atoms with Gasteiger partial charge in [0, 0.05) is 30.4 Å². The Morgan fingerprint density at radius 1 is 1.07 bits per heavy atom. The maximum Gasteiger partial charge on any atom is 0.261 e. The van der Waals surface area contributed by atoms with E-state index in [0.717, 1.165) is 24.2 Å². The fourth-order valence-corrected chi connectivity index (χ4v) is 4.12. The lowest BCUT2D eigenvalue weighted by Gasteiger charge is -2.24. The second kappa shape index (κ2) is 9.89. The molecule has 7 heteroatoms. The van der Waals surface area contributed by atoms with Gasteiger partial charge >= 0.3 is 0 Å². The van der Waals surface area contributed by atoms with Gasteiger partial charge in [-0.1, -0.05) is 30.7 Å². The highest BCUT2D eigenvalue weighted by Crippen LogP contribution is 2.19. The molecule has 2 N–H and O–H groups in total. The van der Waals surface area contributed by atoms with E-state index in [2.05, 4.69) is 35.7 Å². The highest BCUT2D eigenvalue weighted by molar-refractivity contribution is 7.92. The van der Waals surface area contributed by atoms with E-state index in [4.69, 9.17) is 0 Å². The second-order valence-electron chi connectivity index (χ2n) is 7.43. The van der Waals surface area contributed by atoms with Gasteiger partial charge in [0.05, 0.1) is 4.90 Å². The first-order valence-electron chi connectivity index (χ1n) is 9.86. The van der Waals surface area contributed by atoms with Gasteiger partial charge in [-0.3, -0.25) is 14.4 Å². The highest BCUT2D eigenvalue weighted by Gasteiger charge is 2.18. The summed E-state index contributed by atoms with van der Waals surface area (Å²) in [5.74, 6) is -0.269. The number of hydrogen-bond acceptors (Lipinski definition) is 4. The maximum absolute atomic E-state index is 12.7. The molecule has 0 atom stereocenters. The average molecular weight is 418 g/mol. The molecule has 0 aliphatic heterocycles.